The van der Waals surface area contributed by atoms with Crippen LogP contribution in [-0.2, 0) is 16.6 Å². The number of alkyl halides is 6. The Bertz CT molecular complexity index is 1290. The van der Waals surface area contributed by atoms with Gasteiger partial charge < -0.3 is 19.3 Å². The van der Waals surface area contributed by atoms with Crippen molar-refractivity contribution in [1.29, 1.82) is 0 Å². The van der Waals surface area contributed by atoms with E-state index >= 15 is 0 Å². The van der Waals surface area contributed by atoms with Crippen molar-refractivity contribution in [1.82, 2.24) is 4.98 Å². The van der Waals surface area contributed by atoms with Gasteiger partial charge in [-0.3, -0.25) is 0 Å². The largest absolute Gasteiger partial charge is 0.573 e. The number of anilines is 2. The Morgan fingerprint density at radius 3 is 2.44 bits per heavy atom. The average Bonchev–Trinajstić information content (AvgIpc) is 3.21. The van der Waals surface area contributed by atoms with Crippen LogP contribution < -0.4 is 14.5 Å². The molecule has 39 heavy (non-hydrogen) atoms. The normalized spacial score (nSPS) is 19.7. The first kappa shape index (κ1) is 27.1. The highest BCUT2D eigenvalue weighted by atomic mass is 19.4. The quantitative estimate of drug-likeness (QED) is 0.331. The number of hydrogen-bond acceptors (Lipinski definition) is 5. The highest BCUT2D eigenvalue weighted by Gasteiger charge is 2.45. The first-order valence-electron chi connectivity index (χ1n) is 12.6. The zero-order chi connectivity index (χ0) is 27.7. The number of morpholine rings is 1. The number of pyridine rings is 1. The smallest absolute Gasteiger partial charge is 0.406 e. The number of ether oxygens (including phenoxy) is 2. The van der Waals surface area contributed by atoms with Crippen molar-refractivity contribution in [3.05, 3.63) is 83.6 Å². The van der Waals surface area contributed by atoms with E-state index in [0.29, 0.717) is 37.6 Å². The Morgan fingerprint density at radius 2 is 1.69 bits per heavy atom. The molecular weight excluding hydrogens is 524 g/mol. The summed E-state index contributed by atoms with van der Waals surface area (Å²) in [7, 11) is 0. The molecule has 3 aromatic rings. The second-order valence-corrected chi connectivity index (χ2v) is 9.76. The van der Waals surface area contributed by atoms with E-state index in [1.54, 1.807) is 29.3 Å². The minimum atomic E-state index is -4.84. The van der Waals surface area contributed by atoms with Crippen molar-refractivity contribution in [3.63, 3.8) is 0 Å². The van der Waals surface area contributed by atoms with Gasteiger partial charge in [-0.05, 0) is 53.4 Å². The standard InChI is InChI=1S/C28H27F6N3O2/c29-27(30,31)9-11-37-19-26(23-6-1-2-7-24(23)37,18-20-4-3-5-22(16-20)39-28(32,33)34)21-8-10-35-25(17-21)36-12-14-38-15-13-36/h1-8,10,16-17H,9,11-15,18-19H2. The first-order valence-corrected chi connectivity index (χ1v) is 12.6. The van der Waals surface area contributed by atoms with Crippen LogP contribution >= 0.6 is 0 Å². The van der Waals surface area contributed by atoms with E-state index in [4.69, 9.17) is 4.74 Å². The number of para-hydroxylation sites is 1. The second kappa shape index (κ2) is 10.6. The van der Waals surface area contributed by atoms with Crippen molar-refractivity contribution in [2.75, 3.05) is 49.2 Å². The van der Waals surface area contributed by atoms with E-state index in [2.05, 4.69) is 14.6 Å². The van der Waals surface area contributed by atoms with E-state index in [9.17, 15) is 26.3 Å². The fraction of sp³-hybridized carbons (Fsp3) is 0.393. The SMILES string of the molecule is FC(F)(F)CCN1CC(Cc2cccc(OC(F)(F)F)c2)(c2ccnc(N3CCOCC3)c2)c2ccccc21. The Kier molecular flexibility index (Phi) is 7.37. The lowest BCUT2D eigenvalue weighted by Gasteiger charge is -2.34. The summed E-state index contributed by atoms with van der Waals surface area (Å²) in [6, 6.07) is 16.8. The summed E-state index contributed by atoms with van der Waals surface area (Å²) < 4.78 is 88.1. The van der Waals surface area contributed by atoms with Crippen LogP contribution in [0.3, 0.4) is 0 Å². The number of nitrogens with zero attached hydrogens (tertiary/aromatic N) is 3. The molecule has 0 amide bonds. The first-order chi connectivity index (χ1) is 18.5. The molecule has 2 aromatic carbocycles. The highest BCUT2D eigenvalue weighted by Crippen LogP contribution is 2.48. The maximum absolute atomic E-state index is 13.2. The predicted octanol–water partition coefficient (Wildman–Crippen LogP) is 6.12. The monoisotopic (exact) mass is 551 g/mol. The summed E-state index contributed by atoms with van der Waals surface area (Å²) in [4.78, 5) is 8.33. The van der Waals surface area contributed by atoms with Crippen molar-refractivity contribution < 1.29 is 35.8 Å². The fourth-order valence-electron chi connectivity index (χ4n) is 5.49. The zero-order valence-electron chi connectivity index (χ0n) is 20.9. The summed E-state index contributed by atoms with van der Waals surface area (Å²) in [5, 5.41) is 0. The molecule has 0 radical (unpaired) electrons. The number of hydrogen-bond donors (Lipinski definition) is 0. The van der Waals surface area contributed by atoms with E-state index in [1.807, 2.05) is 24.3 Å². The van der Waals surface area contributed by atoms with Crippen LogP contribution in [0.4, 0.5) is 37.8 Å². The molecule has 1 atom stereocenters. The molecule has 0 spiro atoms. The molecule has 5 nitrogen and oxygen atoms in total. The van der Waals surface area contributed by atoms with Crippen LogP contribution in [0.1, 0.15) is 23.1 Å². The molecule has 0 bridgehead atoms. The molecule has 2 aliphatic heterocycles. The average molecular weight is 552 g/mol. The van der Waals surface area contributed by atoms with Crippen LogP contribution in [0.5, 0.6) is 5.75 Å². The maximum atomic E-state index is 13.2. The Morgan fingerprint density at radius 1 is 0.923 bits per heavy atom. The Labute approximate surface area is 222 Å². The van der Waals surface area contributed by atoms with Gasteiger partial charge in [-0.25, -0.2) is 4.98 Å². The van der Waals surface area contributed by atoms with E-state index in [0.717, 1.165) is 16.9 Å². The van der Waals surface area contributed by atoms with Crippen LogP contribution in [0.25, 0.3) is 0 Å². The Balaban J connectivity index is 1.59. The van der Waals surface area contributed by atoms with Gasteiger partial charge in [0.2, 0.25) is 0 Å². The van der Waals surface area contributed by atoms with Gasteiger partial charge in [0.1, 0.15) is 11.6 Å². The van der Waals surface area contributed by atoms with Gasteiger partial charge in [0.15, 0.2) is 0 Å². The third kappa shape index (κ3) is 6.24. The van der Waals surface area contributed by atoms with Crippen LogP contribution in [0, 0.1) is 0 Å². The molecule has 208 valence electrons. The molecule has 0 N–H and O–H groups in total. The summed E-state index contributed by atoms with van der Waals surface area (Å²) >= 11 is 0. The van der Waals surface area contributed by atoms with Gasteiger partial charge >= 0.3 is 12.5 Å². The molecule has 3 heterocycles. The van der Waals surface area contributed by atoms with Crippen molar-refractivity contribution >= 4 is 11.5 Å². The third-order valence-corrected chi connectivity index (χ3v) is 7.16. The van der Waals surface area contributed by atoms with Crippen molar-refractivity contribution in [3.8, 4) is 5.75 Å². The molecule has 1 saturated heterocycles. The highest BCUT2D eigenvalue weighted by molar-refractivity contribution is 5.67. The number of rotatable bonds is 7. The van der Waals surface area contributed by atoms with Gasteiger partial charge in [0.05, 0.1) is 19.6 Å². The van der Waals surface area contributed by atoms with Crippen molar-refractivity contribution in [2.45, 2.75) is 30.8 Å². The minimum absolute atomic E-state index is 0.222. The second-order valence-electron chi connectivity index (χ2n) is 9.76. The molecule has 11 heteroatoms. The molecule has 5 rings (SSSR count). The van der Waals surface area contributed by atoms with Crippen LogP contribution in [0.15, 0.2) is 66.9 Å². The molecule has 1 aromatic heterocycles. The lowest BCUT2D eigenvalue weighted by atomic mass is 9.72. The molecule has 1 fully saturated rings. The molecule has 0 aliphatic carbocycles. The minimum Gasteiger partial charge on any atom is -0.406 e. The lowest BCUT2D eigenvalue weighted by molar-refractivity contribution is -0.274. The summed E-state index contributed by atoms with van der Waals surface area (Å²) in [6.07, 6.45) is -8.24. The van der Waals surface area contributed by atoms with Gasteiger partial charge in [-0.15, -0.1) is 13.2 Å². The van der Waals surface area contributed by atoms with E-state index < -0.39 is 24.4 Å². The van der Waals surface area contributed by atoms with Gasteiger partial charge in [-0.2, -0.15) is 13.2 Å². The topological polar surface area (TPSA) is 37.8 Å². The Hall–Kier alpha value is -3.47. The van der Waals surface area contributed by atoms with Gasteiger partial charge in [0.25, 0.3) is 0 Å². The number of halogens is 6. The number of fused-ring (bicyclic) bond motifs is 1. The lowest BCUT2D eigenvalue weighted by Crippen LogP contribution is -2.39. The number of aromatic nitrogens is 1. The third-order valence-electron chi connectivity index (χ3n) is 7.16. The molecule has 0 saturated carbocycles. The molecular formula is C28H27F6N3O2. The summed E-state index contributed by atoms with van der Waals surface area (Å²) in [5.41, 5.74) is 2.03. The zero-order valence-corrected chi connectivity index (χ0v) is 20.9. The summed E-state index contributed by atoms with van der Waals surface area (Å²) in [5.74, 6) is 0.370. The van der Waals surface area contributed by atoms with Crippen molar-refractivity contribution in [2.24, 2.45) is 0 Å². The predicted molar refractivity (Wildman–Crippen MR) is 134 cm³/mol. The van der Waals surface area contributed by atoms with Crippen LogP contribution in [-0.4, -0.2) is 56.9 Å². The number of benzene rings is 2. The molecule has 2 aliphatic rings. The fourth-order valence-corrected chi connectivity index (χ4v) is 5.49. The summed E-state index contributed by atoms with van der Waals surface area (Å²) in [6.45, 7) is 2.39. The van der Waals surface area contributed by atoms with Gasteiger partial charge in [0, 0.05) is 43.5 Å². The van der Waals surface area contributed by atoms with Crippen LogP contribution in [0.2, 0.25) is 0 Å². The molecule has 1 unspecified atom stereocenters. The van der Waals surface area contributed by atoms with Gasteiger partial charge in [-0.1, -0.05) is 30.3 Å². The van der Waals surface area contributed by atoms with E-state index in [1.165, 1.54) is 18.2 Å². The van der Waals surface area contributed by atoms with E-state index in [-0.39, 0.29) is 25.3 Å². The maximum Gasteiger partial charge on any atom is 0.573 e.